The molecule has 3 aromatic carbocycles. The van der Waals surface area contributed by atoms with Crippen LogP contribution in [-0.2, 0) is 0 Å². The number of phenolic OH excluding ortho intramolecular Hbond substituents is 1. The lowest BCUT2D eigenvalue weighted by Crippen LogP contribution is -2.47. The van der Waals surface area contributed by atoms with E-state index in [9.17, 15) is 13.9 Å². The summed E-state index contributed by atoms with van der Waals surface area (Å²) in [6, 6.07) is 16.9. The first-order valence-electron chi connectivity index (χ1n) is 15.1. The van der Waals surface area contributed by atoms with Crippen LogP contribution in [0.4, 0.5) is 31.8 Å². The minimum Gasteiger partial charge on any atom is -0.506 e. The van der Waals surface area contributed by atoms with Crippen LogP contribution in [0.25, 0.3) is 21.8 Å². The van der Waals surface area contributed by atoms with Gasteiger partial charge in [0, 0.05) is 67.7 Å². The molecule has 0 unspecified atom stereocenters. The highest BCUT2D eigenvalue weighted by Crippen LogP contribution is 2.39. The van der Waals surface area contributed by atoms with Gasteiger partial charge < -0.3 is 20.0 Å². The van der Waals surface area contributed by atoms with Crippen molar-refractivity contribution in [2.75, 3.05) is 59.7 Å². The number of aryl methyl sites for hydroxylation is 2. The molecule has 1 aliphatic rings. The zero-order valence-electron chi connectivity index (χ0n) is 26.3. The van der Waals surface area contributed by atoms with Gasteiger partial charge in [-0.1, -0.05) is 18.2 Å². The van der Waals surface area contributed by atoms with Gasteiger partial charge in [0.05, 0.1) is 31.9 Å². The van der Waals surface area contributed by atoms with E-state index in [1.807, 2.05) is 61.2 Å². The molecular weight excluding hydrogens is 657 g/mol. The molecule has 0 radical (unpaired) electrons. The number of piperazine rings is 1. The lowest BCUT2D eigenvalue weighted by Gasteiger charge is -2.37. The maximum absolute atomic E-state index is 14.1. The van der Waals surface area contributed by atoms with Gasteiger partial charge in [0.25, 0.3) is 0 Å². The third-order valence-electron chi connectivity index (χ3n) is 7.83. The second-order valence-electron chi connectivity index (χ2n) is 11.1. The van der Waals surface area contributed by atoms with Crippen molar-refractivity contribution in [3.63, 3.8) is 0 Å². The standard InChI is InChI=1S/C34H35F2N7OS3/c1-21-18-28(30(44)20-29(21)43-14-12-42(13-15-43)16-17-45-3)40-34-37-11-10-27(39-34)33-31(38-22(2)46-33)23-6-4-7-24(19-23)41-47-32-25(35)8-5-9-26(32)36/h4-11,18-20,41,44H,12-17H2,1-3H3,(H,37,39,40). The molecule has 1 saturated heterocycles. The summed E-state index contributed by atoms with van der Waals surface area (Å²) in [5, 5.41) is 15.1. The van der Waals surface area contributed by atoms with Crippen LogP contribution in [0.3, 0.4) is 0 Å². The van der Waals surface area contributed by atoms with Gasteiger partial charge in [-0.15, -0.1) is 11.3 Å². The number of aromatic nitrogens is 3. The Morgan fingerprint density at radius 1 is 0.957 bits per heavy atom. The summed E-state index contributed by atoms with van der Waals surface area (Å²) in [6.07, 6.45) is 3.81. The Morgan fingerprint density at radius 3 is 2.49 bits per heavy atom. The Kier molecular flexibility index (Phi) is 10.5. The van der Waals surface area contributed by atoms with Gasteiger partial charge in [0.1, 0.15) is 17.4 Å². The molecule has 0 saturated carbocycles. The lowest BCUT2D eigenvalue weighted by molar-refractivity contribution is 0.273. The summed E-state index contributed by atoms with van der Waals surface area (Å²) in [7, 11) is 0. The van der Waals surface area contributed by atoms with Gasteiger partial charge in [-0.3, -0.25) is 4.90 Å². The number of anilines is 4. The third kappa shape index (κ3) is 7.81. The van der Waals surface area contributed by atoms with Crippen LogP contribution in [-0.4, -0.2) is 69.7 Å². The lowest BCUT2D eigenvalue weighted by atomic mass is 10.1. The molecular formula is C34H35F2N7OS3. The summed E-state index contributed by atoms with van der Waals surface area (Å²) in [5.74, 6) is 0.372. The fourth-order valence-electron chi connectivity index (χ4n) is 5.44. The number of phenols is 1. The van der Waals surface area contributed by atoms with Crippen molar-refractivity contribution in [2.24, 2.45) is 0 Å². The maximum atomic E-state index is 14.1. The predicted molar refractivity (Wildman–Crippen MR) is 192 cm³/mol. The molecule has 0 bridgehead atoms. The number of aromatic hydroxyl groups is 1. The molecule has 8 nitrogen and oxygen atoms in total. The Balaban J connectivity index is 1.19. The van der Waals surface area contributed by atoms with Crippen LogP contribution in [0.2, 0.25) is 0 Å². The molecule has 2 aromatic heterocycles. The Morgan fingerprint density at radius 2 is 1.72 bits per heavy atom. The van der Waals surface area contributed by atoms with E-state index in [-0.39, 0.29) is 10.6 Å². The summed E-state index contributed by atoms with van der Waals surface area (Å²) < 4.78 is 31.3. The van der Waals surface area contributed by atoms with Crippen molar-refractivity contribution in [3.8, 4) is 27.6 Å². The molecule has 5 aromatic rings. The molecule has 3 heterocycles. The molecule has 47 heavy (non-hydrogen) atoms. The van der Waals surface area contributed by atoms with Crippen molar-refractivity contribution >= 4 is 58.1 Å². The normalized spacial score (nSPS) is 13.6. The molecule has 244 valence electrons. The highest BCUT2D eigenvalue weighted by atomic mass is 32.2. The van der Waals surface area contributed by atoms with Crippen LogP contribution in [0.15, 0.2) is 71.8 Å². The number of hydrogen-bond donors (Lipinski definition) is 3. The largest absolute Gasteiger partial charge is 0.506 e. The highest BCUT2D eigenvalue weighted by Gasteiger charge is 2.21. The maximum Gasteiger partial charge on any atom is 0.227 e. The summed E-state index contributed by atoms with van der Waals surface area (Å²) in [4.78, 5) is 19.6. The van der Waals surface area contributed by atoms with Crippen LogP contribution >= 0.6 is 35.0 Å². The summed E-state index contributed by atoms with van der Waals surface area (Å²) >= 11 is 4.26. The number of halogens is 2. The molecule has 1 fully saturated rings. The van der Waals surface area contributed by atoms with E-state index in [0.717, 1.165) is 82.8 Å². The van der Waals surface area contributed by atoms with E-state index in [0.29, 0.717) is 23.0 Å². The van der Waals surface area contributed by atoms with Crippen LogP contribution in [0.5, 0.6) is 5.75 Å². The average Bonchev–Trinajstić information content (AvgIpc) is 3.47. The Bertz CT molecular complexity index is 1840. The minimum absolute atomic E-state index is 0.0973. The summed E-state index contributed by atoms with van der Waals surface area (Å²) in [6.45, 7) is 8.95. The number of rotatable bonds is 11. The zero-order chi connectivity index (χ0) is 32.9. The first kappa shape index (κ1) is 33.0. The fourth-order valence-corrected chi connectivity index (χ4v) is 7.47. The summed E-state index contributed by atoms with van der Waals surface area (Å²) in [5.41, 5.74) is 5.53. The van der Waals surface area contributed by atoms with E-state index < -0.39 is 11.6 Å². The van der Waals surface area contributed by atoms with E-state index in [1.165, 1.54) is 29.5 Å². The molecule has 0 atom stereocenters. The number of nitrogens with zero attached hydrogens (tertiary/aromatic N) is 5. The van der Waals surface area contributed by atoms with E-state index in [2.05, 4.69) is 38.0 Å². The number of benzene rings is 3. The molecule has 0 amide bonds. The molecule has 13 heteroatoms. The van der Waals surface area contributed by atoms with E-state index >= 15 is 0 Å². The number of nitrogens with one attached hydrogen (secondary N) is 2. The van der Waals surface area contributed by atoms with Gasteiger partial charge in [-0.25, -0.2) is 23.7 Å². The quantitative estimate of drug-likeness (QED) is 0.0930. The number of thiazole rings is 1. The van der Waals surface area contributed by atoms with Crippen molar-refractivity contribution in [3.05, 3.63) is 89.1 Å². The van der Waals surface area contributed by atoms with Crippen LogP contribution in [0, 0.1) is 25.5 Å². The zero-order valence-corrected chi connectivity index (χ0v) is 28.7. The molecule has 0 spiro atoms. The van der Waals surface area contributed by atoms with Gasteiger partial charge in [-0.2, -0.15) is 11.8 Å². The van der Waals surface area contributed by atoms with Crippen molar-refractivity contribution in [1.82, 2.24) is 19.9 Å². The van der Waals surface area contributed by atoms with E-state index in [1.54, 1.807) is 6.20 Å². The van der Waals surface area contributed by atoms with Crippen LogP contribution < -0.4 is 14.9 Å². The number of hydrogen-bond acceptors (Lipinski definition) is 11. The highest BCUT2D eigenvalue weighted by molar-refractivity contribution is 8.00. The average molecular weight is 692 g/mol. The van der Waals surface area contributed by atoms with E-state index in [4.69, 9.17) is 9.97 Å². The molecule has 6 rings (SSSR count). The second-order valence-corrected chi connectivity index (χ2v) is 14.1. The first-order chi connectivity index (χ1) is 22.8. The second kappa shape index (κ2) is 14.9. The minimum atomic E-state index is -0.626. The number of thioether (sulfide) groups is 1. The van der Waals surface area contributed by atoms with Gasteiger partial charge >= 0.3 is 0 Å². The van der Waals surface area contributed by atoms with Gasteiger partial charge in [0.2, 0.25) is 5.95 Å². The van der Waals surface area contributed by atoms with Crippen LogP contribution in [0.1, 0.15) is 10.6 Å². The molecule has 0 aliphatic carbocycles. The van der Waals surface area contributed by atoms with Crippen molar-refractivity contribution in [1.29, 1.82) is 0 Å². The van der Waals surface area contributed by atoms with Crippen molar-refractivity contribution in [2.45, 2.75) is 18.7 Å². The topological polar surface area (TPSA) is 89.4 Å². The SMILES string of the molecule is CSCCN1CCN(c2cc(O)c(Nc3nccc(-c4sc(C)nc4-c4cccc(NSc5c(F)cccc5F)c4)n3)cc2C)CC1. The first-order valence-corrected chi connectivity index (χ1v) is 18.2. The fraction of sp³-hybridized carbons (Fsp3) is 0.265. The molecule has 1 aliphatic heterocycles. The Labute approximate surface area is 285 Å². The van der Waals surface area contributed by atoms with Crippen molar-refractivity contribution < 1.29 is 13.9 Å². The molecule has 3 N–H and O–H groups in total. The monoisotopic (exact) mass is 691 g/mol. The third-order valence-corrected chi connectivity index (χ3v) is 10.3. The van der Waals surface area contributed by atoms with Gasteiger partial charge in [0.15, 0.2) is 0 Å². The van der Waals surface area contributed by atoms with Gasteiger partial charge in [-0.05, 0) is 74.0 Å². The smallest absolute Gasteiger partial charge is 0.227 e. The predicted octanol–water partition coefficient (Wildman–Crippen LogP) is 8.22. The Hall–Kier alpha value is -3.91.